The van der Waals surface area contributed by atoms with E-state index in [-0.39, 0.29) is 17.0 Å². The van der Waals surface area contributed by atoms with E-state index in [0.717, 1.165) is 19.2 Å². The Morgan fingerprint density at radius 2 is 1.94 bits per heavy atom. The van der Waals surface area contributed by atoms with Crippen LogP contribution in [0.25, 0.3) is 0 Å². The number of ether oxygens (including phenoxy) is 1. The Morgan fingerprint density at radius 3 is 2.39 bits per heavy atom. The van der Waals surface area contributed by atoms with Gasteiger partial charge in [0.15, 0.2) is 5.75 Å². The summed E-state index contributed by atoms with van der Waals surface area (Å²) in [5.74, 6) is -3.93. The Bertz CT molecular complexity index is 485. The lowest BCUT2D eigenvalue weighted by Gasteiger charge is -2.13. The molecule has 1 aromatic rings. The number of carbonyl (C=O) groups is 2. The maximum absolute atomic E-state index is 12.1. The summed E-state index contributed by atoms with van der Waals surface area (Å²) >= 11 is 0. The molecule has 0 heterocycles. The summed E-state index contributed by atoms with van der Waals surface area (Å²) in [4.78, 5) is 21.5. The number of nitrogens with one attached hydrogen (secondary N) is 1. The fourth-order valence-corrected chi connectivity index (χ4v) is 1.22. The Hall–Kier alpha value is -2.25. The van der Waals surface area contributed by atoms with Crippen LogP contribution >= 0.6 is 0 Å². The van der Waals surface area contributed by atoms with E-state index in [1.807, 2.05) is 0 Å². The smallest absolute Gasteiger partial charge is 0.471 e. The molecule has 8 heteroatoms. The molecular formula is C10H8F3NO4. The van der Waals surface area contributed by atoms with Gasteiger partial charge in [0, 0.05) is 0 Å². The van der Waals surface area contributed by atoms with Gasteiger partial charge in [0.1, 0.15) is 5.56 Å². The lowest BCUT2D eigenvalue weighted by atomic mass is 10.1. The summed E-state index contributed by atoms with van der Waals surface area (Å²) in [5.41, 5.74) is -0.711. The third kappa shape index (κ3) is 2.90. The highest BCUT2D eigenvalue weighted by Crippen LogP contribution is 2.30. The molecule has 0 saturated heterocycles. The van der Waals surface area contributed by atoms with E-state index in [2.05, 4.69) is 4.74 Å². The van der Waals surface area contributed by atoms with Gasteiger partial charge in [-0.25, -0.2) is 4.79 Å². The zero-order chi connectivity index (χ0) is 13.9. The summed E-state index contributed by atoms with van der Waals surface area (Å²) in [7, 11) is 1.09. The first-order valence-electron chi connectivity index (χ1n) is 4.56. The summed E-state index contributed by atoms with van der Waals surface area (Å²) < 4.78 is 40.9. The molecule has 98 valence electrons. The van der Waals surface area contributed by atoms with Crippen LogP contribution in [0.2, 0.25) is 0 Å². The van der Waals surface area contributed by atoms with Crippen molar-refractivity contribution in [1.82, 2.24) is 0 Å². The van der Waals surface area contributed by atoms with Crippen molar-refractivity contribution in [3.63, 3.8) is 0 Å². The van der Waals surface area contributed by atoms with Gasteiger partial charge in [-0.2, -0.15) is 13.2 Å². The van der Waals surface area contributed by atoms with Gasteiger partial charge in [-0.3, -0.25) is 4.79 Å². The van der Waals surface area contributed by atoms with Crippen molar-refractivity contribution in [1.29, 1.82) is 0 Å². The second-order valence-electron chi connectivity index (χ2n) is 3.14. The highest BCUT2D eigenvalue weighted by Gasteiger charge is 2.39. The van der Waals surface area contributed by atoms with Gasteiger partial charge in [-0.1, -0.05) is 6.07 Å². The summed E-state index contributed by atoms with van der Waals surface area (Å²) in [6, 6.07) is 3.44. The number of carboxylic acid groups (broad SMARTS) is 1. The largest absolute Gasteiger partial charge is 0.494 e. The van der Waals surface area contributed by atoms with E-state index in [9.17, 15) is 22.8 Å². The number of carboxylic acids is 1. The standard InChI is InChI=1S/C10H8F3NO4/c1-18-7-5(8(15)16)3-2-4-6(7)14-9(17)10(11,12)13/h2-4H,1H3,(H,14,17)(H,15,16). The van der Waals surface area contributed by atoms with Crippen molar-refractivity contribution in [3.05, 3.63) is 23.8 Å². The topological polar surface area (TPSA) is 75.6 Å². The molecule has 0 aliphatic rings. The quantitative estimate of drug-likeness (QED) is 0.873. The van der Waals surface area contributed by atoms with Gasteiger partial charge in [-0.05, 0) is 12.1 Å². The van der Waals surface area contributed by atoms with Crippen molar-refractivity contribution in [3.8, 4) is 5.75 Å². The van der Waals surface area contributed by atoms with E-state index in [1.54, 1.807) is 5.32 Å². The predicted octanol–water partition coefficient (Wildman–Crippen LogP) is 1.89. The number of anilines is 1. The van der Waals surface area contributed by atoms with Crippen LogP contribution in [-0.2, 0) is 4.79 Å². The number of hydrogen-bond donors (Lipinski definition) is 2. The van der Waals surface area contributed by atoms with E-state index in [0.29, 0.717) is 0 Å². The average Bonchev–Trinajstić information content (AvgIpc) is 2.27. The molecule has 1 rings (SSSR count). The second-order valence-corrected chi connectivity index (χ2v) is 3.14. The van der Waals surface area contributed by atoms with E-state index in [4.69, 9.17) is 5.11 Å². The van der Waals surface area contributed by atoms with Crippen LogP contribution in [0, 0.1) is 0 Å². The molecule has 0 aromatic heterocycles. The van der Waals surface area contributed by atoms with Crippen molar-refractivity contribution in [2.45, 2.75) is 6.18 Å². The number of amides is 1. The number of carbonyl (C=O) groups excluding carboxylic acids is 1. The van der Waals surface area contributed by atoms with Gasteiger partial charge in [-0.15, -0.1) is 0 Å². The SMILES string of the molecule is COc1c(NC(=O)C(F)(F)F)cccc1C(=O)O. The fraction of sp³-hybridized carbons (Fsp3) is 0.200. The van der Waals surface area contributed by atoms with Crippen LogP contribution < -0.4 is 10.1 Å². The zero-order valence-electron chi connectivity index (χ0n) is 9.04. The third-order valence-electron chi connectivity index (χ3n) is 1.96. The number of halogens is 3. The Balaban J connectivity index is 3.14. The van der Waals surface area contributed by atoms with Gasteiger partial charge < -0.3 is 15.2 Å². The number of methoxy groups -OCH3 is 1. The first-order chi connectivity index (χ1) is 8.27. The molecule has 0 saturated carbocycles. The van der Waals surface area contributed by atoms with Crippen LogP contribution in [0.4, 0.5) is 18.9 Å². The van der Waals surface area contributed by atoms with Crippen LogP contribution in [-0.4, -0.2) is 30.3 Å². The highest BCUT2D eigenvalue weighted by molar-refractivity contribution is 5.99. The van der Waals surface area contributed by atoms with Crippen molar-refractivity contribution in [2.24, 2.45) is 0 Å². The maximum atomic E-state index is 12.1. The minimum Gasteiger partial charge on any atom is -0.494 e. The van der Waals surface area contributed by atoms with Gasteiger partial charge in [0.2, 0.25) is 0 Å². The van der Waals surface area contributed by atoms with E-state index >= 15 is 0 Å². The fourth-order valence-electron chi connectivity index (χ4n) is 1.22. The zero-order valence-corrected chi connectivity index (χ0v) is 9.04. The molecule has 0 aliphatic carbocycles. The molecular weight excluding hydrogens is 255 g/mol. The van der Waals surface area contributed by atoms with Gasteiger partial charge >= 0.3 is 18.1 Å². The molecule has 0 radical (unpaired) electrons. The molecule has 18 heavy (non-hydrogen) atoms. The van der Waals surface area contributed by atoms with E-state index in [1.165, 1.54) is 6.07 Å². The molecule has 0 unspecified atom stereocenters. The lowest BCUT2D eigenvalue weighted by molar-refractivity contribution is -0.167. The first kappa shape index (κ1) is 13.8. The Kier molecular flexibility index (Phi) is 3.79. The Labute approximate surface area is 99.2 Å². The predicted molar refractivity (Wildman–Crippen MR) is 54.6 cm³/mol. The summed E-state index contributed by atoms with van der Waals surface area (Å²) in [6.07, 6.45) is -5.07. The van der Waals surface area contributed by atoms with Crippen molar-refractivity contribution >= 4 is 17.6 Å². The molecule has 0 spiro atoms. The van der Waals surface area contributed by atoms with Crippen LogP contribution in [0.5, 0.6) is 5.75 Å². The number of alkyl halides is 3. The minimum absolute atomic E-state index is 0.345. The molecule has 1 aromatic carbocycles. The highest BCUT2D eigenvalue weighted by atomic mass is 19.4. The van der Waals surface area contributed by atoms with Crippen LogP contribution in [0.3, 0.4) is 0 Å². The number of aromatic carboxylic acids is 1. The molecule has 1 amide bonds. The monoisotopic (exact) mass is 263 g/mol. The third-order valence-corrected chi connectivity index (χ3v) is 1.96. The number of para-hydroxylation sites is 1. The maximum Gasteiger partial charge on any atom is 0.471 e. The molecule has 0 aliphatic heterocycles. The molecule has 0 bridgehead atoms. The average molecular weight is 263 g/mol. The molecule has 0 atom stereocenters. The van der Waals surface area contributed by atoms with Crippen molar-refractivity contribution in [2.75, 3.05) is 12.4 Å². The summed E-state index contributed by atoms with van der Waals surface area (Å²) in [5, 5.41) is 10.3. The van der Waals surface area contributed by atoms with Gasteiger partial charge in [0.25, 0.3) is 0 Å². The van der Waals surface area contributed by atoms with Crippen LogP contribution in [0.15, 0.2) is 18.2 Å². The molecule has 2 N–H and O–H groups in total. The van der Waals surface area contributed by atoms with E-state index < -0.39 is 18.1 Å². The minimum atomic E-state index is -5.07. The number of benzene rings is 1. The second kappa shape index (κ2) is 4.94. The van der Waals surface area contributed by atoms with Crippen LogP contribution in [0.1, 0.15) is 10.4 Å². The Morgan fingerprint density at radius 1 is 1.33 bits per heavy atom. The van der Waals surface area contributed by atoms with Crippen molar-refractivity contribution < 1.29 is 32.6 Å². The molecule has 0 fully saturated rings. The first-order valence-corrected chi connectivity index (χ1v) is 4.56. The number of rotatable bonds is 3. The van der Waals surface area contributed by atoms with Gasteiger partial charge in [0.05, 0.1) is 12.8 Å². The molecule has 5 nitrogen and oxygen atoms in total. The number of hydrogen-bond acceptors (Lipinski definition) is 3. The summed E-state index contributed by atoms with van der Waals surface area (Å²) in [6.45, 7) is 0. The lowest BCUT2D eigenvalue weighted by Crippen LogP contribution is -2.30. The normalized spacial score (nSPS) is 10.9.